The van der Waals surface area contributed by atoms with Crippen LogP contribution in [-0.2, 0) is 20.9 Å². The number of hydrogen-bond acceptors (Lipinski definition) is 5. The van der Waals surface area contributed by atoms with Crippen molar-refractivity contribution in [1.29, 1.82) is 0 Å². The fourth-order valence-corrected chi connectivity index (χ4v) is 2.72. The second-order valence-corrected chi connectivity index (χ2v) is 5.73. The van der Waals surface area contributed by atoms with Crippen LogP contribution >= 0.6 is 0 Å². The van der Waals surface area contributed by atoms with Gasteiger partial charge in [0.15, 0.2) is 0 Å². The van der Waals surface area contributed by atoms with E-state index < -0.39 is 18.1 Å². The van der Waals surface area contributed by atoms with Crippen LogP contribution in [0.4, 0.5) is 4.79 Å². The highest BCUT2D eigenvalue weighted by molar-refractivity contribution is 5.81. The summed E-state index contributed by atoms with van der Waals surface area (Å²) in [6.45, 7) is 2.03. The first-order chi connectivity index (χ1) is 11.2. The summed E-state index contributed by atoms with van der Waals surface area (Å²) in [5, 5.41) is 5.92. The molecule has 6 nitrogen and oxygen atoms in total. The number of nitrogens with one attached hydrogen (secondary N) is 2. The topological polar surface area (TPSA) is 76.7 Å². The van der Waals surface area contributed by atoms with Crippen molar-refractivity contribution in [3.8, 4) is 0 Å². The zero-order valence-electron chi connectivity index (χ0n) is 13.4. The Morgan fingerprint density at radius 3 is 2.78 bits per heavy atom. The van der Waals surface area contributed by atoms with E-state index >= 15 is 0 Å². The molecule has 2 atom stereocenters. The van der Waals surface area contributed by atoms with E-state index in [1.807, 2.05) is 30.3 Å². The summed E-state index contributed by atoms with van der Waals surface area (Å²) in [5.41, 5.74) is 0.897. The van der Waals surface area contributed by atoms with Crippen molar-refractivity contribution >= 4 is 12.1 Å². The molecular weight excluding hydrogens is 296 g/mol. The van der Waals surface area contributed by atoms with Crippen molar-refractivity contribution in [1.82, 2.24) is 10.6 Å². The van der Waals surface area contributed by atoms with Crippen LogP contribution in [0, 0.1) is 5.92 Å². The Morgan fingerprint density at radius 1 is 1.35 bits per heavy atom. The number of hydrogen-bond donors (Lipinski definition) is 2. The van der Waals surface area contributed by atoms with Crippen LogP contribution in [0.15, 0.2) is 30.3 Å². The molecule has 0 radical (unpaired) electrons. The fraction of sp³-hybridized carbons (Fsp3) is 0.529. The van der Waals surface area contributed by atoms with Crippen LogP contribution in [0.3, 0.4) is 0 Å². The highest BCUT2D eigenvalue weighted by Gasteiger charge is 2.27. The standard InChI is InChI=1S/C17H24N2O4/c1-22-16(20)15(10-14-8-5-9-18-11-14)19-17(21)23-12-13-6-3-2-4-7-13/h2-4,6-7,14-15,18H,5,8-12H2,1H3,(H,19,21)/t14?,15-/m0/s1. The SMILES string of the molecule is COC(=O)[C@H](CC1CCCNC1)NC(=O)OCc1ccccc1. The van der Waals surface area contributed by atoms with Crippen molar-refractivity contribution in [2.45, 2.75) is 31.9 Å². The van der Waals surface area contributed by atoms with Gasteiger partial charge in [-0.3, -0.25) is 0 Å². The summed E-state index contributed by atoms with van der Waals surface area (Å²) in [4.78, 5) is 23.8. The van der Waals surface area contributed by atoms with Gasteiger partial charge in [-0.1, -0.05) is 30.3 Å². The predicted octanol–water partition coefficient (Wildman–Crippen LogP) is 1.84. The quantitative estimate of drug-likeness (QED) is 0.782. The molecule has 0 spiro atoms. The third kappa shape index (κ3) is 5.90. The molecule has 1 aliphatic heterocycles. The monoisotopic (exact) mass is 320 g/mol. The first-order valence-corrected chi connectivity index (χ1v) is 7.95. The molecule has 1 fully saturated rings. The largest absolute Gasteiger partial charge is 0.467 e. The maximum Gasteiger partial charge on any atom is 0.408 e. The zero-order chi connectivity index (χ0) is 16.5. The van der Waals surface area contributed by atoms with E-state index in [0.29, 0.717) is 12.3 Å². The zero-order valence-corrected chi connectivity index (χ0v) is 13.4. The van der Waals surface area contributed by atoms with Gasteiger partial charge in [-0.15, -0.1) is 0 Å². The van der Waals surface area contributed by atoms with E-state index in [1.54, 1.807) is 0 Å². The van der Waals surface area contributed by atoms with Crippen LogP contribution in [0.1, 0.15) is 24.8 Å². The van der Waals surface area contributed by atoms with Crippen LogP contribution in [0.25, 0.3) is 0 Å². The lowest BCUT2D eigenvalue weighted by Gasteiger charge is -2.26. The van der Waals surface area contributed by atoms with Gasteiger partial charge in [0.1, 0.15) is 12.6 Å². The molecule has 2 rings (SSSR count). The molecule has 0 saturated carbocycles. The first kappa shape index (κ1) is 17.3. The number of methoxy groups -OCH3 is 1. The molecule has 23 heavy (non-hydrogen) atoms. The molecule has 0 bridgehead atoms. The number of benzene rings is 1. The van der Waals surface area contributed by atoms with Gasteiger partial charge in [0.2, 0.25) is 0 Å². The van der Waals surface area contributed by atoms with E-state index in [2.05, 4.69) is 10.6 Å². The Labute approximate surface area is 136 Å². The molecule has 1 aliphatic rings. The van der Waals surface area contributed by atoms with Gasteiger partial charge in [-0.25, -0.2) is 9.59 Å². The Balaban J connectivity index is 1.83. The maximum absolute atomic E-state index is 11.9. The third-order valence-corrected chi connectivity index (χ3v) is 3.96. The van der Waals surface area contributed by atoms with Crippen molar-refractivity contribution in [2.24, 2.45) is 5.92 Å². The van der Waals surface area contributed by atoms with E-state index in [4.69, 9.17) is 9.47 Å². The minimum atomic E-state index is -0.673. The van der Waals surface area contributed by atoms with Gasteiger partial charge in [-0.2, -0.15) is 0 Å². The molecule has 6 heteroatoms. The number of alkyl carbamates (subject to hydrolysis) is 1. The summed E-state index contributed by atoms with van der Waals surface area (Å²) in [6, 6.07) is 8.73. The van der Waals surface area contributed by atoms with E-state index in [1.165, 1.54) is 7.11 Å². The van der Waals surface area contributed by atoms with Gasteiger partial charge in [0, 0.05) is 0 Å². The lowest BCUT2D eigenvalue weighted by Crippen LogP contribution is -2.44. The second kappa shape index (κ2) is 9.15. The number of piperidine rings is 1. The first-order valence-electron chi connectivity index (χ1n) is 7.95. The van der Waals surface area contributed by atoms with Crippen molar-refractivity contribution in [2.75, 3.05) is 20.2 Å². The summed E-state index contributed by atoms with van der Waals surface area (Å²) in [5.74, 6) is -0.0884. The van der Waals surface area contributed by atoms with Crippen LogP contribution in [-0.4, -0.2) is 38.3 Å². The lowest BCUT2D eigenvalue weighted by molar-refractivity contribution is -0.143. The summed E-state index contributed by atoms with van der Waals surface area (Å²) >= 11 is 0. The highest BCUT2D eigenvalue weighted by Crippen LogP contribution is 2.17. The molecular formula is C17H24N2O4. The predicted molar refractivity (Wildman–Crippen MR) is 85.8 cm³/mol. The molecule has 1 heterocycles. The van der Waals surface area contributed by atoms with E-state index in [0.717, 1.165) is 31.5 Å². The molecule has 126 valence electrons. The van der Waals surface area contributed by atoms with Crippen molar-refractivity contribution in [3.05, 3.63) is 35.9 Å². The third-order valence-electron chi connectivity index (χ3n) is 3.96. The Bertz CT molecular complexity index is 501. The highest BCUT2D eigenvalue weighted by atomic mass is 16.6. The molecule has 1 aromatic carbocycles. The average molecular weight is 320 g/mol. The van der Waals surface area contributed by atoms with Crippen LogP contribution < -0.4 is 10.6 Å². The van der Waals surface area contributed by atoms with E-state index in [9.17, 15) is 9.59 Å². The van der Waals surface area contributed by atoms with E-state index in [-0.39, 0.29) is 6.61 Å². The van der Waals surface area contributed by atoms with Gasteiger partial charge in [0.25, 0.3) is 0 Å². The Kier molecular flexibility index (Phi) is 6.87. The second-order valence-electron chi connectivity index (χ2n) is 5.73. The smallest absolute Gasteiger partial charge is 0.408 e. The van der Waals surface area contributed by atoms with Crippen molar-refractivity contribution in [3.63, 3.8) is 0 Å². The summed E-state index contributed by atoms with van der Waals surface area (Å²) in [7, 11) is 1.32. The number of amides is 1. The molecule has 1 saturated heterocycles. The van der Waals surface area contributed by atoms with Gasteiger partial charge < -0.3 is 20.1 Å². The number of carbonyl (C=O) groups is 2. The lowest BCUT2D eigenvalue weighted by atomic mass is 9.92. The number of carbonyl (C=O) groups excluding carboxylic acids is 2. The van der Waals surface area contributed by atoms with Crippen molar-refractivity contribution < 1.29 is 19.1 Å². The number of esters is 1. The summed E-state index contributed by atoms with van der Waals surface area (Å²) < 4.78 is 9.96. The molecule has 1 amide bonds. The minimum Gasteiger partial charge on any atom is -0.467 e. The molecule has 1 unspecified atom stereocenters. The van der Waals surface area contributed by atoms with Crippen LogP contribution in [0.5, 0.6) is 0 Å². The fourth-order valence-electron chi connectivity index (χ4n) is 2.72. The molecule has 2 N–H and O–H groups in total. The van der Waals surface area contributed by atoms with Gasteiger partial charge in [-0.05, 0) is 43.8 Å². The number of rotatable bonds is 6. The number of ether oxygens (including phenoxy) is 2. The Hall–Kier alpha value is -2.08. The average Bonchev–Trinajstić information content (AvgIpc) is 2.60. The summed E-state index contributed by atoms with van der Waals surface area (Å²) in [6.07, 6.45) is 2.08. The molecule has 0 aliphatic carbocycles. The normalized spacial score (nSPS) is 18.7. The minimum absolute atomic E-state index is 0.172. The maximum atomic E-state index is 11.9. The molecule has 1 aromatic rings. The molecule has 0 aromatic heterocycles. The Morgan fingerprint density at radius 2 is 2.13 bits per heavy atom. The van der Waals surface area contributed by atoms with Gasteiger partial charge >= 0.3 is 12.1 Å². The van der Waals surface area contributed by atoms with Crippen LogP contribution in [0.2, 0.25) is 0 Å². The van der Waals surface area contributed by atoms with Gasteiger partial charge in [0.05, 0.1) is 7.11 Å².